The Hall–Kier alpha value is -3.11. The van der Waals surface area contributed by atoms with E-state index >= 15 is 0 Å². The zero-order chi connectivity index (χ0) is 24.6. The van der Waals surface area contributed by atoms with Crippen molar-refractivity contribution in [2.45, 2.75) is 57.0 Å². The van der Waals surface area contributed by atoms with Gasteiger partial charge in [-0.15, -0.1) is 0 Å². The van der Waals surface area contributed by atoms with Crippen LogP contribution in [0.15, 0.2) is 48.7 Å². The number of amides is 1. The van der Waals surface area contributed by atoms with Gasteiger partial charge in [0.15, 0.2) is 0 Å². The summed E-state index contributed by atoms with van der Waals surface area (Å²) in [6, 6.07) is 15.0. The number of hydrogen-bond donors (Lipinski definition) is 3. The molecule has 2 bridgehead atoms. The lowest BCUT2D eigenvalue weighted by atomic mass is 10.1. The first-order valence-electron chi connectivity index (χ1n) is 12.8. The summed E-state index contributed by atoms with van der Waals surface area (Å²) in [7, 11) is 0. The minimum absolute atomic E-state index is 0.164. The second-order valence-corrected chi connectivity index (χ2v) is 10.1. The predicted octanol–water partition coefficient (Wildman–Crippen LogP) is 2.52. The van der Waals surface area contributed by atoms with E-state index in [-0.39, 0.29) is 5.91 Å². The lowest BCUT2D eigenvalue weighted by Crippen LogP contribution is -2.56. The topological polar surface area (TPSA) is 103 Å². The number of rotatable bonds is 6. The molecule has 0 spiro atoms. The number of nitrogens with zero attached hydrogens (tertiary/aromatic N) is 4. The molecule has 5 heterocycles. The van der Waals surface area contributed by atoms with Gasteiger partial charge in [0.2, 0.25) is 5.88 Å². The van der Waals surface area contributed by atoms with Crippen LogP contribution in [0.4, 0.5) is 0 Å². The average molecular weight is 489 g/mol. The molecule has 4 atom stereocenters. The van der Waals surface area contributed by atoms with E-state index in [1.54, 1.807) is 6.92 Å². The Morgan fingerprint density at radius 2 is 1.97 bits per heavy atom. The number of hydrazine groups is 1. The van der Waals surface area contributed by atoms with E-state index < -0.39 is 6.10 Å². The van der Waals surface area contributed by atoms with Gasteiger partial charge in [0.25, 0.3) is 5.91 Å². The molecule has 3 N–H and O–H groups in total. The number of ether oxygens (including phenoxy) is 1. The number of aliphatic hydroxyl groups excluding tert-OH is 1. The molecule has 1 aromatic carbocycles. The fraction of sp³-hybridized carbons (Fsp3) is 0.444. The largest absolute Gasteiger partial charge is 0.439 e. The number of aromatic nitrogens is 2. The molecule has 3 aliphatic rings. The Balaban J connectivity index is 1.11. The number of piperazine rings is 1. The molecule has 0 radical (unpaired) electrons. The van der Waals surface area contributed by atoms with Gasteiger partial charge < -0.3 is 14.7 Å². The molecular weight excluding hydrogens is 456 g/mol. The van der Waals surface area contributed by atoms with E-state index in [0.717, 1.165) is 60.3 Å². The van der Waals surface area contributed by atoms with E-state index in [2.05, 4.69) is 38.9 Å². The lowest BCUT2D eigenvalue weighted by molar-refractivity contribution is -0.142. The van der Waals surface area contributed by atoms with Crippen molar-refractivity contribution in [3.8, 4) is 11.6 Å². The molecule has 36 heavy (non-hydrogen) atoms. The van der Waals surface area contributed by atoms with Crippen LogP contribution < -0.4 is 15.6 Å². The van der Waals surface area contributed by atoms with Gasteiger partial charge in [0.05, 0.1) is 11.2 Å². The molecule has 3 aliphatic heterocycles. The van der Waals surface area contributed by atoms with Crippen LogP contribution >= 0.6 is 0 Å². The van der Waals surface area contributed by atoms with E-state index in [0.29, 0.717) is 37.1 Å². The Labute approximate surface area is 210 Å². The monoisotopic (exact) mass is 488 g/mol. The summed E-state index contributed by atoms with van der Waals surface area (Å²) in [5.41, 5.74) is 9.49. The molecule has 6 rings (SSSR count). The fourth-order valence-corrected chi connectivity index (χ4v) is 5.69. The Morgan fingerprint density at radius 1 is 1.14 bits per heavy atom. The maximum Gasteiger partial charge on any atom is 0.251 e. The van der Waals surface area contributed by atoms with Gasteiger partial charge in [-0.25, -0.2) is 4.98 Å². The molecule has 3 unspecified atom stereocenters. The van der Waals surface area contributed by atoms with Gasteiger partial charge in [-0.05, 0) is 56.0 Å². The molecule has 0 aliphatic carbocycles. The first-order valence-corrected chi connectivity index (χ1v) is 12.8. The number of nitrogens with one attached hydrogen (secondary N) is 2. The van der Waals surface area contributed by atoms with Gasteiger partial charge in [-0.2, -0.15) is 0 Å². The maximum atomic E-state index is 12.3. The van der Waals surface area contributed by atoms with E-state index in [9.17, 15) is 9.90 Å². The summed E-state index contributed by atoms with van der Waals surface area (Å²) in [5, 5.41) is 10.7. The number of likely N-dealkylation sites (tertiary alicyclic amines) is 1. The van der Waals surface area contributed by atoms with E-state index in [4.69, 9.17) is 9.72 Å². The number of pyridine rings is 2. The van der Waals surface area contributed by atoms with Gasteiger partial charge in [0, 0.05) is 62.0 Å². The van der Waals surface area contributed by atoms with Gasteiger partial charge in [-0.3, -0.25) is 25.5 Å². The molecule has 9 heteroatoms. The smallest absolute Gasteiger partial charge is 0.251 e. The number of hydrogen-bond acceptors (Lipinski definition) is 8. The van der Waals surface area contributed by atoms with Crippen LogP contribution in [0.5, 0.6) is 11.6 Å². The average Bonchev–Trinajstić information content (AvgIpc) is 3.50. The highest BCUT2D eigenvalue weighted by Gasteiger charge is 2.41. The molecule has 3 saturated heterocycles. The molecule has 0 saturated carbocycles. The van der Waals surface area contributed by atoms with Crippen molar-refractivity contribution in [1.29, 1.82) is 0 Å². The molecule has 1 amide bonds. The third kappa shape index (κ3) is 4.67. The zero-order valence-corrected chi connectivity index (χ0v) is 20.4. The van der Waals surface area contributed by atoms with Crippen LogP contribution in [-0.4, -0.2) is 68.6 Å². The highest BCUT2D eigenvalue weighted by Crippen LogP contribution is 2.32. The summed E-state index contributed by atoms with van der Waals surface area (Å²) in [5.74, 6) is 1.13. The number of carbonyl (C=O) groups is 1. The Bertz CT molecular complexity index is 1230. The van der Waals surface area contributed by atoms with E-state index in [1.165, 1.54) is 0 Å². The SMILES string of the molecule is C[C@H](O)C(=O)N1CC2CCC(C1)N2Cc1ccc2cc(Oc3ccc(C4CCNN4)cn3)ccc2n1. The Kier molecular flexibility index (Phi) is 6.30. The third-order valence-electron chi connectivity index (χ3n) is 7.58. The molecular formula is C27H32N6O3. The van der Waals surface area contributed by atoms with Crippen molar-refractivity contribution in [3.05, 3.63) is 59.9 Å². The van der Waals surface area contributed by atoms with Crippen molar-refractivity contribution in [2.24, 2.45) is 0 Å². The van der Waals surface area contributed by atoms with Crippen molar-refractivity contribution in [1.82, 2.24) is 30.6 Å². The summed E-state index contributed by atoms with van der Waals surface area (Å²) in [6.07, 6.45) is 4.12. The van der Waals surface area contributed by atoms with Gasteiger partial charge >= 0.3 is 0 Å². The quantitative estimate of drug-likeness (QED) is 0.487. The summed E-state index contributed by atoms with van der Waals surface area (Å²) >= 11 is 0. The highest BCUT2D eigenvalue weighted by molar-refractivity contribution is 5.81. The third-order valence-corrected chi connectivity index (χ3v) is 7.58. The van der Waals surface area contributed by atoms with Crippen LogP contribution in [-0.2, 0) is 11.3 Å². The second-order valence-electron chi connectivity index (χ2n) is 10.1. The lowest BCUT2D eigenvalue weighted by Gasteiger charge is -2.41. The minimum Gasteiger partial charge on any atom is -0.439 e. The number of benzene rings is 1. The van der Waals surface area contributed by atoms with Crippen LogP contribution in [0, 0.1) is 0 Å². The summed E-state index contributed by atoms with van der Waals surface area (Å²) in [6.45, 7) is 4.63. The van der Waals surface area contributed by atoms with Crippen LogP contribution in [0.25, 0.3) is 10.9 Å². The van der Waals surface area contributed by atoms with Crippen molar-refractivity contribution in [2.75, 3.05) is 19.6 Å². The maximum absolute atomic E-state index is 12.3. The zero-order valence-electron chi connectivity index (χ0n) is 20.4. The normalized spacial score (nSPS) is 24.8. The molecule has 3 fully saturated rings. The predicted molar refractivity (Wildman–Crippen MR) is 135 cm³/mol. The van der Waals surface area contributed by atoms with Gasteiger partial charge in [0.1, 0.15) is 11.9 Å². The van der Waals surface area contributed by atoms with Crippen molar-refractivity contribution in [3.63, 3.8) is 0 Å². The molecule has 3 aromatic rings. The number of fused-ring (bicyclic) bond motifs is 3. The second kappa shape index (κ2) is 9.74. The number of carbonyl (C=O) groups excluding carboxylic acids is 1. The van der Waals surface area contributed by atoms with Crippen molar-refractivity contribution >= 4 is 16.8 Å². The van der Waals surface area contributed by atoms with Crippen LogP contribution in [0.1, 0.15) is 43.5 Å². The van der Waals surface area contributed by atoms with Crippen LogP contribution in [0.3, 0.4) is 0 Å². The first kappa shape index (κ1) is 23.3. The summed E-state index contributed by atoms with van der Waals surface area (Å²) < 4.78 is 6.01. The van der Waals surface area contributed by atoms with Crippen LogP contribution in [0.2, 0.25) is 0 Å². The summed E-state index contributed by atoms with van der Waals surface area (Å²) in [4.78, 5) is 25.9. The first-order chi connectivity index (χ1) is 17.5. The molecule has 188 valence electrons. The highest BCUT2D eigenvalue weighted by atomic mass is 16.5. The van der Waals surface area contributed by atoms with E-state index in [1.807, 2.05) is 35.4 Å². The fourth-order valence-electron chi connectivity index (χ4n) is 5.69. The number of aliphatic hydroxyl groups is 1. The molecule has 9 nitrogen and oxygen atoms in total. The standard InChI is InChI=1S/C27H32N6O3/c1-17(34)27(35)32-15-21-5-6-22(16-32)33(21)14-20-4-2-18-12-23(7-8-24(18)30-20)36-26-9-3-19(13-28-26)25-10-11-29-31-25/h2-4,7-9,12-13,17,21-22,25,29,31,34H,5-6,10-11,14-16H2,1H3/t17-,21?,22?,25?/m0/s1. The van der Waals surface area contributed by atoms with Gasteiger partial charge in [-0.1, -0.05) is 12.1 Å². The molecule has 2 aromatic heterocycles. The van der Waals surface area contributed by atoms with Crippen molar-refractivity contribution < 1.29 is 14.6 Å². The Morgan fingerprint density at radius 3 is 2.67 bits per heavy atom. The minimum atomic E-state index is -0.936.